The molecule has 0 saturated heterocycles. The maximum absolute atomic E-state index is 5.98. The molecule has 1 aromatic heterocycles. The van der Waals surface area contributed by atoms with Crippen molar-refractivity contribution in [1.29, 1.82) is 0 Å². The zero-order valence-electron chi connectivity index (χ0n) is 12.0. The maximum atomic E-state index is 5.98. The minimum Gasteiger partial charge on any atom is -0.488 e. The van der Waals surface area contributed by atoms with Gasteiger partial charge in [-0.15, -0.1) is 0 Å². The molecular weight excluding hydrogens is 250 g/mol. The number of rotatable bonds is 5. The standard InChI is InChI=1S/C16H21N3O/c1-12(2)10-18-16-17-7-8-19(16)11-14-9-13-5-3-4-6-15(13)20-14/h3-8,12,14H,9-11H2,1-2H3,(H,17,18). The van der Waals surface area contributed by atoms with Gasteiger partial charge in [0.25, 0.3) is 0 Å². The number of nitrogens with one attached hydrogen (secondary N) is 1. The van der Waals surface area contributed by atoms with E-state index in [1.54, 1.807) is 0 Å². The highest BCUT2D eigenvalue weighted by Crippen LogP contribution is 2.29. The van der Waals surface area contributed by atoms with E-state index in [2.05, 4.69) is 40.8 Å². The summed E-state index contributed by atoms with van der Waals surface area (Å²) < 4.78 is 8.12. The topological polar surface area (TPSA) is 39.1 Å². The molecule has 0 amide bonds. The summed E-state index contributed by atoms with van der Waals surface area (Å²) in [6.07, 6.45) is 5.01. The highest BCUT2D eigenvalue weighted by atomic mass is 16.5. The number of imidazole rings is 1. The zero-order valence-corrected chi connectivity index (χ0v) is 12.0. The summed E-state index contributed by atoms with van der Waals surface area (Å²) in [7, 11) is 0. The Morgan fingerprint density at radius 2 is 2.25 bits per heavy atom. The first-order chi connectivity index (χ1) is 9.72. The van der Waals surface area contributed by atoms with Gasteiger partial charge in [-0.2, -0.15) is 0 Å². The molecule has 0 spiro atoms. The van der Waals surface area contributed by atoms with Crippen LogP contribution >= 0.6 is 0 Å². The van der Waals surface area contributed by atoms with Crippen molar-refractivity contribution >= 4 is 5.95 Å². The van der Waals surface area contributed by atoms with Gasteiger partial charge >= 0.3 is 0 Å². The van der Waals surface area contributed by atoms with Crippen LogP contribution in [0.3, 0.4) is 0 Å². The first-order valence-electron chi connectivity index (χ1n) is 7.22. The number of hydrogen-bond donors (Lipinski definition) is 1. The fourth-order valence-corrected chi connectivity index (χ4v) is 2.49. The highest BCUT2D eigenvalue weighted by molar-refractivity contribution is 5.37. The molecule has 1 aliphatic rings. The first-order valence-corrected chi connectivity index (χ1v) is 7.22. The number of aromatic nitrogens is 2. The SMILES string of the molecule is CC(C)CNc1nccn1CC1Cc2ccccc2O1. The monoisotopic (exact) mass is 271 g/mol. The molecule has 1 unspecified atom stereocenters. The molecule has 0 radical (unpaired) electrons. The van der Waals surface area contributed by atoms with Crippen molar-refractivity contribution in [2.45, 2.75) is 32.9 Å². The highest BCUT2D eigenvalue weighted by Gasteiger charge is 2.23. The summed E-state index contributed by atoms with van der Waals surface area (Å²) in [4.78, 5) is 4.38. The lowest BCUT2D eigenvalue weighted by atomic mass is 10.1. The van der Waals surface area contributed by atoms with Crippen LogP contribution in [0.4, 0.5) is 5.95 Å². The van der Waals surface area contributed by atoms with Gasteiger partial charge < -0.3 is 14.6 Å². The van der Waals surface area contributed by atoms with Gasteiger partial charge in [0.2, 0.25) is 5.95 Å². The summed E-state index contributed by atoms with van der Waals surface area (Å²) in [5.74, 6) is 2.56. The van der Waals surface area contributed by atoms with Gasteiger partial charge in [-0.3, -0.25) is 0 Å². The lowest BCUT2D eigenvalue weighted by molar-refractivity contribution is 0.210. The number of ether oxygens (including phenoxy) is 1. The fourth-order valence-electron chi connectivity index (χ4n) is 2.49. The van der Waals surface area contributed by atoms with Crippen LogP contribution in [0.15, 0.2) is 36.7 Å². The number of anilines is 1. The van der Waals surface area contributed by atoms with Gasteiger partial charge in [0.1, 0.15) is 11.9 Å². The number of hydrogen-bond acceptors (Lipinski definition) is 3. The van der Waals surface area contributed by atoms with Crippen LogP contribution in [-0.4, -0.2) is 22.2 Å². The summed E-state index contributed by atoms with van der Waals surface area (Å²) >= 11 is 0. The van der Waals surface area contributed by atoms with E-state index in [1.807, 2.05) is 24.5 Å². The van der Waals surface area contributed by atoms with Gasteiger partial charge in [-0.25, -0.2) is 4.98 Å². The first kappa shape index (κ1) is 13.0. The van der Waals surface area contributed by atoms with E-state index in [0.29, 0.717) is 5.92 Å². The number of nitrogens with zero attached hydrogens (tertiary/aromatic N) is 2. The van der Waals surface area contributed by atoms with Crippen molar-refractivity contribution < 1.29 is 4.74 Å². The third kappa shape index (κ3) is 2.79. The predicted octanol–water partition coefficient (Wildman–Crippen LogP) is 2.95. The molecule has 106 valence electrons. The van der Waals surface area contributed by atoms with Gasteiger partial charge in [0.15, 0.2) is 0 Å². The second-order valence-corrected chi connectivity index (χ2v) is 5.73. The Bertz CT molecular complexity index is 552. The molecule has 0 bridgehead atoms. The third-order valence-electron chi connectivity index (χ3n) is 3.50. The molecule has 4 nitrogen and oxygen atoms in total. The van der Waals surface area contributed by atoms with Crippen molar-refractivity contribution in [1.82, 2.24) is 9.55 Å². The van der Waals surface area contributed by atoms with Crippen LogP contribution in [0.1, 0.15) is 19.4 Å². The van der Waals surface area contributed by atoms with Gasteiger partial charge in [-0.05, 0) is 17.5 Å². The van der Waals surface area contributed by atoms with E-state index in [4.69, 9.17) is 4.74 Å². The molecule has 20 heavy (non-hydrogen) atoms. The lowest BCUT2D eigenvalue weighted by Crippen LogP contribution is -2.22. The van der Waals surface area contributed by atoms with Gasteiger partial charge in [0.05, 0.1) is 6.54 Å². The predicted molar refractivity (Wildman–Crippen MR) is 80.1 cm³/mol. The Morgan fingerprint density at radius 3 is 3.05 bits per heavy atom. The van der Waals surface area contributed by atoms with E-state index in [9.17, 15) is 0 Å². The van der Waals surface area contributed by atoms with Crippen LogP contribution in [0.2, 0.25) is 0 Å². The Labute approximate surface area is 119 Å². The van der Waals surface area contributed by atoms with Crippen LogP contribution in [0, 0.1) is 5.92 Å². The zero-order chi connectivity index (χ0) is 13.9. The molecule has 2 heterocycles. The van der Waals surface area contributed by atoms with Crippen molar-refractivity contribution in [2.75, 3.05) is 11.9 Å². The molecule has 0 fully saturated rings. The second-order valence-electron chi connectivity index (χ2n) is 5.73. The lowest BCUT2D eigenvalue weighted by Gasteiger charge is -2.15. The summed E-state index contributed by atoms with van der Waals surface area (Å²) in [5.41, 5.74) is 1.30. The minimum atomic E-state index is 0.196. The van der Waals surface area contributed by atoms with Crippen LogP contribution in [-0.2, 0) is 13.0 Å². The largest absolute Gasteiger partial charge is 0.488 e. The molecule has 1 atom stereocenters. The molecule has 1 aliphatic heterocycles. The maximum Gasteiger partial charge on any atom is 0.202 e. The van der Waals surface area contributed by atoms with E-state index >= 15 is 0 Å². The van der Waals surface area contributed by atoms with Crippen LogP contribution in [0.25, 0.3) is 0 Å². The van der Waals surface area contributed by atoms with Crippen molar-refractivity contribution in [2.24, 2.45) is 5.92 Å². The van der Waals surface area contributed by atoms with Crippen molar-refractivity contribution in [3.8, 4) is 5.75 Å². The molecule has 1 aromatic carbocycles. The van der Waals surface area contributed by atoms with Gasteiger partial charge in [0, 0.05) is 25.4 Å². The normalized spacial score (nSPS) is 17.1. The molecule has 4 heteroatoms. The molecule has 1 N–H and O–H groups in total. The van der Waals surface area contributed by atoms with E-state index in [-0.39, 0.29) is 6.10 Å². The Hall–Kier alpha value is -1.97. The molecule has 0 aliphatic carbocycles. The van der Waals surface area contributed by atoms with Crippen molar-refractivity contribution in [3.05, 3.63) is 42.2 Å². The smallest absolute Gasteiger partial charge is 0.202 e. The molecule has 0 saturated carbocycles. The average Bonchev–Trinajstić information content (AvgIpc) is 3.02. The Balaban J connectivity index is 1.64. The summed E-state index contributed by atoms with van der Waals surface area (Å²) in [5, 5.41) is 3.38. The Morgan fingerprint density at radius 1 is 1.40 bits per heavy atom. The van der Waals surface area contributed by atoms with E-state index < -0.39 is 0 Å². The number of para-hydroxylation sites is 1. The van der Waals surface area contributed by atoms with E-state index in [1.165, 1.54) is 5.56 Å². The second kappa shape index (κ2) is 5.57. The van der Waals surface area contributed by atoms with Gasteiger partial charge in [-0.1, -0.05) is 32.0 Å². The molecular formula is C16H21N3O. The average molecular weight is 271 g/mol. The minimum absolute atomic E-state index is 0.196. The van der Waals surface area contributed by atoms with E-state index in [0.717, 1.165) is 31.2 Å². The van der Waals surface area contributed by atoms with Crippen LogP contribution < -0.4 is 10.1 Å². The quantitative estimate of drug-likeness (QED) is 0.908. The number of fused-ring (bicyclic) bond motifs is 1. The summed E-state index contributed by atoms with van der Waals surface area (Å²) in [6.45, 7) is 6.14. The molecule has 2 aromatic rings. The van der Waals surface area contributed by atoms with Crippen LogP contribution in [0.5, 0.6) is 5.75 Å². The fraction of sp³-hybridized carbons (Fsp3) is 0.438. The third-order valence-corrected chi connectivity index (χ3v) is 3.50. The van der Waals surface area contributed by atoms with Crippen molar-refractivity contribution in [3.63, 3.8) is 0 Å². The number of benzene rings is 1. The summed E-state index contributed by atoms with van der Waals surface area (Å²) in [6, 6.07) is 8.27. The Kier molecular flexibility index (Phi) is 3.63. The molecule has 3 rings (SSSR count).